The van der Waals surface area contributed by atoms with Crippen molar-refractivity contribution in [2.75, 3.05) is 13.1 Å². The number of imidazole rings is 1. The van der Waals surface area contributed by atoms with Crippen molar-refractivity contribution in [3.8, 4) is 0 Å². The third-order valence-corrected chi connectivity index (χ3v) is 4.34. The third kappa shape index (κ3) is 3.44. The molecule has 1 atom stereocenters. The van der Waals surface area contributed by atoms with Gasteiger partial charge in [0.1, 0.15) is 5.82 Å². The number of halogens is 1. The standard InChI is InChI=1S/C10H18N4O2S.ClH/c1-8-13-10(7-14(8)2)17(15,16)12-6-9-4-3-5-11-9;/h7,9,11-12H,3-6H2,1-2H3;1H. The van der Waals surface area contributed by atoms with E-state index in [1.54, 1.807) is 18.5 Å². The first-order valence-electron chi connectivity index (χ1n) is 5.72. The molecular formula is C10H19ClN4O2S. The number of sulfonamides is 1. The first-order chi connectivity index (χ1) is 7.99. The second kappa shape index (κ2) is 6.01. The van der Waals surface area contributed by atoms with Crippen LogP contribution in [0.1, 0.15) is 18.7 Å². The van der Waals surface area contributed by atoms with Crippen LogP contribution in [0.25, 0.3) is 0 Å². The molecule has 0 aliphatic carbocycles. The lowest BCUT2D eigenvalue weighted by molar-refractivity contribution is 0.549. The maximum absolute atomic E-state index is 11.9. The molecular weight excluding hydrogens is 276 g/mol. The summed E-state index contributed by atoms with van der Waals surface area (Å²) in [7, 11) is -1.69. The number of nitrogens with zero attached hydrogens (tertiary/aromatic N) is 2. The summed E-state index contributed by atoms with van der Waals surface area (Å²) in [5, 5.41) is 3.34. The Kier molecular flexibility index (Phi) is 5.15. The highest BCUT2D eigenvalue weighted by molar-refractivity contribution is 7.89. The van der Waals surface area contributed by atoms with Crippen LogP contribution in [-0.2, 0) is 17.1 Å². The molecule has 6 nitrogen and oxygen atoms in total. The highest BCUT2D eigenvalue weighted by Crippen LogP contribution is 2.09. The molecule has 1 saturated heterocycles. The van der Waals surface area contributed by atoms with Crippen molar-refractivity contribution in [2.24, 2.45) is 7.05 Å². The summed E-state index contributed by atoms with van der Waals surface area (Å²) in [6.45, 7) is 3.17. The molecule has 0 aromatic carbocycles. The maximum atomic E-state index is 11.9. The molecule has 0 amide bonds. The van der Waals surface area contributed by atoms with Gasteiger partial charge in [-0.3, -0.25) is 0 Å². The van der Waals surface area contributed by atoms with Crippen molar-refractivity contribution < 1.29 is 8.42 Å². The minimum absolute atomic E-state index is 0. The number of nitrogens with one attached hydrogen (secondary N) is 2. The molecule has 8 heteroatoms. The lowest BCUT2D eigenvalue weighted by Gasteiger charge is -2.10. The smallest absolute Gasteiger partial charge is 0.259 e. The van der Waals surface area contributed by atoms with Gasteiger partial charge in [0.05, 0.1) is 0 Å². The van der Waals surface area contributed by atoms with Gasteiger partial charge in [0.25, 0.3) is 10.0 Å². The predicted molar refractivity (Wildman–Crippen MR) is 71.4 cm³/mol. The lowest BCUT2D eigenvalue weighted by atomic mass is 10.2. The van der Waals surface area contributed by atoms with Crippen molar-refractivity contribution >= 4 is 22.4 Å². The molecule has 104 valence electrons. The van der Waals surface area contributed by atoms with Crippen LogP contribution in [-0.4, -0.2) is 37.1 Å². The fourth-order valence-corrected chi connectivity index (χ4v) is 2.99. The van der Waals surface area contributed by atoms with Crippen LogP contribution in [0, 0.1) is 6.92 Å². The largest absolute Gasteiger partial charge is 0.337 e. The van der Waals surface area contributed by atoms with Gasteiger partial charge in [-0.05, 0) is 26.3 Å². The fourth-order valence-electron chi connectivity index (χ4n) is 1.87. The van der Waals surface area contributed by atoms with Crippen LogP contribution in [0.2, 0.25) is 0 Å². The van der Waals surface area contributed by atoms with E-state index in [0.717, 1.165) is 19.4 Å². The normalized spacial score (nSPS) is 19.8. The zero-order valence-corrected chi connectivity index (χ0v) is 12.1. The maximum Gasteiger partial charge on any atom is 0.259 e. The highest BCUT2D eigenvalue weighted by Gasteiger charge is 2.21. The molecule has 1 fully saturated rings. The van der Waals surface area contributed by atoms with Gasteiger partial charge in [-0.1, -0.05) is 0 Å². The summed E-state index contributed by atoms with van der Waals surface area (Å²) in [6.07, 6.45) is 3.65. The second-order valence-corrected chi connectivity index (χ2v) is 6.10. The molecule has 1 aliphatic rings. The van der Waals surface area contributed by atoms with Gasteiger partial charge < -0.3 is 9.88 Å². The van der Waals surface area contributed by atoms with E-state index in [-0.39, 0.29) is 23.5 Å². The van der Waals surface area contributed by atoms with Crippen LogP contribution >= 0.6 is 12.4 Å². The Hall–Kier alpha value is -0.630. The van der Waals surface area contributed by atoms with E-state index in [9.17, 15) is 8.42 Å². The Bertz CT molecular complexity index is 474. The number of aryl methyl sites for hydroxylation is 2. The Morgan fingerprint density at radius 3 is 2.83 bits per heavy atom. The van der Waals surface area contributed by atoms with Crippen LogP contribution in [0.3, 0.4) is 0 Å². The highest BCUT2D eigenvalue weighted by atomic mass is 35.5. The van der Waals surface area contributed by atoms with Gasteiger partial charge in [0.15, 0.2) is 5.03 Å². The van der Waals surface area contributed by atoms with Crippen molar-refractivity contribution in [1.82, 2.24) is 19.6 Å². The molecule has 2 heterocycles. The second-order valence-electron chi connectivity index (χ2n) is 4.38. The van der Waals surface area contributed by atoms with Crippen molar-refractivity contribution in [2.45, 2.75) is 30.8 Å². The Labute approximate surface area is 114 Å². The molecule has 2 rings (SSSR count). The average Bonchev–Trinajstić information content (AvgIpc) is 2.87. The summed E-state index contributed by atoms with van der Waals surface area (Å²) >= 11 is 0. The summed E-state index contributed by atoms with van der Waals surface area (Å²) in [6, 6.07) is 0.245. The predicted octanol–water partition coefficient (Wildman–Crippen LogP) is 0.181. The van der Waals surface area contributed by atoms with E-state index in [0.29, 0.717) is 12.4 Å². The molecule has 1 unspecified atom stereocenters. The van der Waals surface area contributed by atoms with Crippen LogP contribution < -0.4 is 10.0 Å². The minimum atomic E-state index is -3.47. The zero-order valence-electron chi connectivity index (χ0n) is 10.5. The summed E-state index contributed by atoms with van der Waals surface area (Å²) in [4.78, 5) is 4.02. The molecule has 0 saturated carbocycles. The summed E-state index contributed by atoms with van der Waals surface area (Å²) < 4.78 is 28.2. The molecule has 0 spiro atoms. The van der Waals surface area contributed by atoms with E-state index in [1.165, 1.54) is 6.20 Å². The zero-order chi connectivity index (χ0) is 12.5. The number of rotatable bonds is 4. The van der Waals surface area contributed by atoms with Gasteiger partial charge in [-0.15, -0.1) is 12.4 Å². The number of aromatic nitrogens is 2. The Balaban J connectivity index is 0.00000162. The monoisotopic (exact) mass is 294 g/mol. The van der Waals surface area contributed by atoms with Gasteiger partial charge in [-0.2, -0.15) is 0 Å². The first-order valence-corrected chi connectivity index (χ1v) is 7.20. The van der Waals surface area contributed by atoms with Crippen LogP contribution in [0.5, 0.6) is 0 Å². The van der Waals surface area contributed by atoms with Gasteiger partial charge in [-0.25, -0.2) is 18.1 Å². The van der Waals surface area contributed by atoms with E-state index in [1.807, 2.05) is 0 Å². The van der Waals surface area contributed by atoms with Gasteiger partial charge >= 0.3 is 0 Å². The van der Waals surface area contributed by atoms with Gasteiger partial charge in [0.2, 0.25) is 0 Å². The quantitative estimate of drug-likeness (QED) is 0.831. The molecule has 1 aromatic rings. The Morgan fingerprint density at radius 2 is 2.33 bits per heavy atom. The van der Waals surface area contributed by atoms with Crippen molar-refractivity contribution in [3.05, 3.63) is 12.0 Å². The molecule has 0 bridgehead atoms. The molecule has 1 aromatic heterocycles. The lowest BCUT2D eigenvalue weighted by Crippen LogP contribution is -2.37. The fraction of sp³-hybridized carbons (Fsp3) is 0.700. The molecule has 0 radical (unpaired) electrons. The Morgan fingerprint density at radius 1 is 1.61 bits per heavy atom. The van der Waals surface area contributed by atoms with Crippen molar-refractivity contribution in [1.29, 1.82) is 0 Å². The van der Waals surface area contributed by atoms with Crippen molar-refractivity contribution in [3.63, 3.8) is 0 Å². The summed E-state index contributed by atoms with van der Waals surface area (Å²) in [5.41, 5.74) is 0. The van der Waals surface area contributed by atoms with E-state index in [2.05, 4.69) is 15.0 Å². The van der Waals surface area contributed by atoms with Crippen LogP contribution in [0.15, 0.2) is 11.2 Å². The third-order valence-electron chi connectivity index (χ3n) is 3.04. The van der Waals surface area contributed by atoms with E-state index in [4.69, 9.17) is 0 Å². The topological polar surface area (TPSA) is 76.0 Å². The molecule has 18 heavy (non-hydrogen) atoms. The summed E-state index contributed by atoms with van der Waals surface area (Å²) in [5.74, 6) is 0.685. The SMILES string of the molecule is Cc1nc(S(=O)(=O)NCC2CCCN2)cn1C.Cl. The number of hydrogen-bond acceptors (Lipinski definition) is 4. The number of hydrogen-bond donors (Lipinski definition) is 2. The minimum Gasteiger partial charge on any atom is -0.337 e. The van der Waals surface area contributed by atoms with E-state index < -0.39 is 10.0 Å². The first kappa shape index (κ1) is 15.4. The van der Waals surface area contributed by atoms with E-state index >= 15 is 0 Å². The average molecular weight is 295 g/mol. The molecule has 1 aliphatic heterocycles. The van der Waals surface area contributed by atoms with Crippen LogP contribution in [0.4, 0.5) is 0 Å². The molecule has 2 N–H and O–H groups in total. The van der Waals surface area contributed by atoms with Gasteiger partial charge in [0, 0.05) is 25.8 Å².